The van der Waals surface area contributed by atoms with Gasteiger partial charge in [0.05, 0.1) is 29.5 Å². The third-order valence-corrected chi connectivity index (χ3v) is 5.76. The minimum Gasteiger partial charge on any atom is -0.394 e. The zero-order valence-corrected chi connectivity index (χ0v) is 17.7. The van der Waals surface area contributed by atoms with Crippen LogP contribution >= 0.6 is 0 Å². The molecule has 2 fully saturated rings. The van der Waals surface area contributed by atoms with Gasteiger partial charge in [-0.2, -0.15) is 0 Å². The molecule has 5 N–H and O–H groups in total. The third kappa shape index (κ3) is 5.86. The minimum absolute atomic E-state index is 0.242. The summed E-state index contributed by atoms with van der Waals surface area (Å²) in [6.07, 6.45) is 0.373. The van der Waals surface area contributed by atoms with Gasteiger partial charge in [-0.1, -0.05) is 18.2 Å². The lowest BCUT2D eigenvalue weighted by Gasteiger charge is -2.42. The molecule has 2 heterocycles. The molecule has 0 saturated carbocycles. The van der Waals surface area contributed by atoms with Gasteiger partial charge in [0.25, 0.3) is 0 Å². The van der Waals surface area contributed by atoms with E-state index >= 15 is 0 Å². The van der Waals surface area contributed by atoms with Gasteiger partial charge >= 0.3 is 0 Å². The van der Waals surface area contributed by atoms with E-state index in [0.717, 1.165) is 12.8 Å². The number of hydrogen-bond donors (Lipinski definition) is 5. The van der Waals surface area contributed by atoms with Crippen LogP contribution in [0, 0.1) is 0 Å². The van der Waals surface area contributed by atoms with Crippen molar-refractivity contribution in [2.75, 3.05) is 6.61 Å². The van der Waals surface area contributed by atoms with Crippen LogP contribution < -0.4 is 0 Å². The van der Waals surface area contributed by atoms with Gasteiger partial charge in [0.15, 0.2) is 6.29 Å². The predicted molar refractivity (Wildman–Crippen MR) is 106 cm³/mol. The topological polar surface area (TPSA) is 129 Å². The van der Waals surface area contributed by atoms with E-state index in [1.807, 2.05) is 19.1 Å². The van der Waals surface area contributed by atoms with Gasteiger partial charge in [0, 0.05) is 0 Å². The Kier molecular flexibility index (Phi) is 7.68. The second-order valence-corrected chi connectivity index (χ2v) is 9.05. The fourth-order valence-corrected chi connectivity index (χ4v) is 3.63. The highest BCUT2D eigenvalue weighted by molar-refractivity contribution is 5.09. The maximum atomic E-state index is 10.2. The molecule has 2 saturated heterocycles. The Morgan fingerprint density at radius 1 is 1.17 bits per heavy atom. The maximum Gasteiger partial charge on any atom is 0.187 e. The molecule has 8 nitrogen and oxygen atoms in total. The summed E-state index contributed by atoms with van der Waals surface area (Å²) in [6.45, 7) is 10.4. The van der Waals surface area contributed by atoms with Crippen molar-refractivity contribution in [2.45, 2.75) is 101 Å². The summed E-state index contributed by atoms with van der Waals surface area (Å²) in [5.74, 6) is 0. The lowest BCUT2D eigenvalue weighted by atomic mass is 9.95. The molecule has 2 rings (SSSR count). The number of hydrogen-bond acceptors (Lipinski definition) is 8. The van der Waals surface area contributed by atoms with Crippen LogP contribution in [0.3, 0.4) is 0 Å². The molecule has 1 unspecified atom stereocenters. The quantitative estimate of drug-likeness (QED) is 0.360. The lowest BCUT2D eigenvalue weighted by molar-refractivity contribution is -0.319. The van der Waals surface area contributed by atoms with E-state index in [1.54, 1.807) is 26.8 Å². The molecule has 0 aromatic heterocycles. The van der Waals surface area contributed by atoms with E-state index in [1.165, 1.54) is 0 Å². The first-order chi connectivity index (χ1) is 13.3. The summed E-state index contributed by atoms with van der Waals surface area (Å²) in [6, 6.07) is 0. The van der Waals surface area contributed by atoms with E-state index in [0.29, 0.717) is 6.42 Å². The largest absolute Gasteiger partial charge is 0.394 e. The Morgan fingerprint density at radius 3 is 2.34 bits per heavy atom. The molecular formula is C21H36O8. The van der Waals surface area contributed by atoms with Crippen molar-refractivity contribution in [3.63, 3.8) is 0 Å². The minimum atomic E-state index is -1.50. The van der Waals surface area contributed by atoms with Gasteiger partial charge < -0.3 is 39.7 Å². The first-order valence-electron chi connectivity index (χ1n) is 10.0. The smallest absolute Gasteiger partial charge is 0.187 e. The monoisotopic (exact) mass is 416 g/mol. The van der Waals surface area contributed by atoms with E-state index in [9.17, 15) is 25.5 Å². The summed E-state index contributed by atoms with van der Waals surface area (Å²) in [4.78, 5) is 0. The van der Waals surface area contributed by atoms with Crippen LogP contribution in [0.5, 0.6) is 0 Å². The molecule has 8 heteroatoms. The van der Waals surface area contributed by atoms with Crippen molar-refractivity contribution >= 4 is 0 Å². The van der Waals surface area contributed by atoms with Crippen molar-refractivity contribution in [1.82, 2.24) is 0 Å². The summed E-state index contributed by atoms with van der Waals surface area (Å²) >= 11 is 0. The lowest BCUT2D eigenvalue weighted by Crippen LogP contribution is -2.60. The number of aliphatic hydroxyl groups excluding tert-OH is 4. The molecule has 0 spiro atoms. The summed E-state index contributed by atoms with van der Waals surface area (Å²) < 4.78 is 17.3. The molecule has 0 aromatic rings. The Hall–Kier alpha value is -0.840. The molecule has 0 bridgehead atoms. The number of rotatable bonds is 8. The molecule has 0 amide bonds. The zero-order chi connectivity index (χ0) is 22.0. The molecular weight excluding hydrogens is 380 g/mol. The Balaban J connectivity index is 2.01. The van der Waals surface area contributed by atoms with Crippen LogP contribution in [-0.2, 0) is 14.2 Å². The summed E-state index contributed by atoms with van der Waals surface area (Å²) in [7, 11) is 0. The highest BCUT2D eigenvalue weighted by Gasteiger charge is 2.46. The van der Waals surface area contributed by atoms with Crippen LogP contribution in [0.25, 0.3) is 0 Å². The molecule has 8 atom stereocenters. The molecule has 0 aromatic carbocycles. The molecule has 29 heavy (non-hydrogen) atoms. The van der Waals surface area contributed by atoms with Crippen molar-refractivity contribution in [3.05, 3.63) is 24.8 Å². The van der Waals surface area contributed by atoms with E-state index < -0.39 is 54.1 Å². The van der Waals surface area contributed by atoms with Crippen molar-refractivity contribution in [1.29, 1.82) is 0 Å². The fourth-order valence-electron chi connectivity index (χ4n) is 3.63. The van der Waals surface area contributed by atoms with Gasteiger partial charge in [-0.3, -0.25) is 0 Å². The van der Waals surface area contributed by atoms with E-state index in [4.69, 9.17) is 14.2 Å². The van der Waals surface area contributed by atoms with Crippen LogP contribution in [0.2, 0.25) is 0 Å². The first kappa shape index (κ1) is 24.4. The van der Waals surface area contributed by atoms with Gasteiger partial charge in [0.1, 0.15) is 24.4 Å². The summed E-state index contributed by atoms with van der Waals surface area (Å²) in [5, 5.41) is 49.5. The van der Waals surface area contributed by atoms with E-state index in [2.05, 4.69) is 6.58 Å². The maximum absolute atomic E-state index is 10.2. The number of aliphatic hydroxyl groups is 5. The van der Waals surface area contributed by atoms with Gasteiger partial charge in [0.2, 0.25) is 0 Å². The number of ether oxygens (including phenoxy) is 3. The van der Waals surface area contributed by atoms with Crippen LogP contribution in [0.15, 0.2) is 24.8 Å². The highest BCUT2D eigenvalue weighted by atomic mass is 16.7. The molecule has 168 valence electrons. The van der Waals surface area contributed by atoms with E-state index in [-0.39, 0.29) is 6.10 Å². The Bertz CT molecular complexity index is 586. The van der Waals surface area contributed by atoms with Crippen LogP contribution in [-0.4, -0.2) is 85.8 Å². The standard InChI is InChI=1S/C21H36O8/c1-6-20(4,29-18-17(25)16(24)15(23)13(12-22)27-18)9-7-10-21(5)11-8-14(28-21)19(2,3)26/h6-7,10,13-18,22-26H,1,8-9,11-12H2,2-5H3/b10-7-/t13-,14+,15-,16+,17-,18+,20?,21+/m1/s1. The average Bonchev–Trinajstić information content (AvgIpc) is 3.05. The summed E-state index contributed by atoms with van der Waals surface area (Å²) in [5.41, 5.74) is -2.35. The average molecular weight is 417 g/mol. The molecule has 2 aliphatic heterocycles. The highest BCUT2D eigenvalue weighted by Crippen LogP contribution is 2.36. The first-order valence-corrected chi connectivity index (χ1v) is 10.0. The van der Waals surface area contributed by atoms with Crippen LogP contribution in [0.1, 0.15) is 47.0 Å². The molecule has 0 aliphatic carbocycles. The SMILES string of the molecule is C=CC(C)(C/C=C\[C@@]1(C)CC[C@@H](C(C)(C)O)O1)O[C@@H]1O[C@H](CO)[C@@H](O)[C@H](O)[C@H]1O. The fraction of sp³-hybridized carbons (Fsp3) is 0.810. The van der Waals surface area contributed by atoms with Gasteiger partial charge in [-0.15, -0.1) is 6.58 Å². The molecule has 2 aliphatic rings. The van der Waals surface area contributed by atoms with Crippen LogP contribution in [0.4, 0.5) is 0 Å². The Labute approximate surface area is 172 Å². The van der Waals surface area contributed by atoms with Gasteiger partial charge in [-0.05, 0) is 47.0 Å². The van der Waals surface area contributed by atoms with Gasteiger partial charge in [-0.25, -0.2) is 0 Å². The Morgan fingerprint density at radius 2 is 1.83 bits per heavy atom. The second-order valence-electron chi connectivity index (χ2n) is 9.05. The second kappa shape index (κ2) is 9.11. The third-order valence-electron chi connectivity index (χ3n) is 5.76. The van der Waals surface area contributed by atoms with Crippen molar-refractivity contribution < 1.29 is 39.7 Å². The molecule has 0 radical (unpaired) electrons. The normalized spacial score (nSPS) is 40.9. The predicted octanol–water partition coefficient (Wildman–Crippen LogP) is 0.402. The zero-order valence-electron chi connectivity index (χ0n) is 17.7. The van der Waals surface area contributed by atoms with Crippen molar-refractivity contribution in [2.24, 2.45) is 0 Å². The van der Waals surface area contributed by atoms with Crippen molar-refractivity contribution in [3.8, 4) is 0 Å².